The number of benzene rings is 1. The predicted molar refractivity (Wildman–Crippen MR) is 75.2 cm³/mol. The second kappa shape index (κ2) is 6.70. The second-order valence-corrected chi connectivity index (χ2v) is 4.61. The van der Waals surface area contributed by atoms with Crippen molar-refractivity contribution >= 4 is 11.6 Å². The van der Waals surface area contributed by atoms with Gasteiger partial charge in [-0.2, -0.15) is 0 Å². The van der Waals surface area contributed by atoms with Crippen molar-refractivity contribution in [3.63, 3.8) is 0 Å². The first kappa shape index (κ1) is 14.1. The van der Waals surface area contributed by atoms with Crippen LogP contribution in [-0.4, -0.2) is 6.61 Å². The van der Waals surface area contributed by atoms with Gasteiger partial charge in [0.25, 0.3) is 0 Å². The molecule has 0 saturated heterocycles. The molecular weight excluding hydrogens is 232 g/mol. The number of halogens is 1. The Balaban J connectivity index is 3.17. The molecule has 1 unspecified atom stereocenters. The van der Waals surface area contributed by atoms with Gasteiger partial charge in [0.15, 0.2) is 0 Å². The van der Waals surface area contributed by atoms with Crippen LogP contribution in [0, 0.1) is 6.92 Å². The van der Waals surface area contributed by atoms with Crippen LogP contribution < -0.4 is 4.74 Å². The summed E-state index contributed by atoms with van der Waals surface area (Å²) in [5.41, 5.74) is 2.26. The maximum atomic E-state index is 6.21. The van der Waals surface area contributed by atoms with Crippen molar-refractivity contribution in [2.75, 3.05) is 6.61 Å². The van der Waals surface area contributed by atoms with E-state index in [2.05, 4.69) is 13.5 Å². The van der Waals surface area contributed by atoms with Gasteiger partial charge >= 0.3 is 0 Å². The monoisotopic (exact) mass is 252 g/mol. The highest BCUT2D eigenvalue weighted by molar-refractivity contribution is 6.31. The van der Waals surface area contributed by atoms with E-state index in [1.54, 1.807) is 0 Å². The van der Waals surface area contributed by atoms with Crippen molar-refractivity contribution < 1.29 is 4.74 Å². The highest BCUT2D eigenvalue weighted by atomic mass is 35.5. The van der Waals surface area contributed by atoms with Crippen molar-refractivity contribution in [1.29, 1.82) is 0 Å². The molecule has 0 heterocycles. The Morgan fingerprint density at radius 2 is 2.12 bits per heavy atom. The summed E-state index contributed by atoms with van der Waals surface area (Å²) in [4.78, 5) is 0. The number of allylic oxidation sites excluding steroid dienone is 1. The fourth-order valence-corrected chi connectivity index (χ4v) is 2.16. The van der Waals surface area contributed by atoms with Gasteiger partial charge in [0.2, 0.25) is 0 Å². The quantitative estimate of drug-likeness (QED) is 0.639. The number of ether oxygens (including phenoxy) is 1. The van der Waals surface area contributed by atoms with Gasteiger partial charge in [0, 0.05) is 5.02 Å². The van der Waals surface area contributed by atoms with E-state index in [0.717, 1.165) is 29.2 Å². The summed E-state index contributed by atoms with van der Waals surface area (Å²) in [7, 11) is 0. The zero-order chi connectivity index (χ0) is 12.8. The molecule has 0 aliphatic carbocycles. The molecule has 1 atom stereocenters. The molecule has 0 fully saturated rings. The van der Waals surface area contributed by atoms with Gasteiger partial charge in [-0.25, -0.2) is 0 Å². The minimum absolute atomic E-state index is 0.437. The first-order chi connectivity index (χ1) is 8.13. The molecule has 0 amide bonds. The third kappa shape index (κ3) is 3.50. The van der Waals surface area contributed by atoms with Gasteiger partial charge in [-0.1, -0.05) is 24.6 Å². The third-order valence-corrected chi connectivity index (χ3v) is 3.38. The third-order valence-electron chi connectivity index (χ3n) is 2.97. The highest BCUT2D eigenvalue weighted by Crippen LogP contribution is 2.35. The standard InChI is InChI=1S/C15H21ClO/c1-5-8-12(6-2)13-10-14(16)11(4)9-15(13)17-7-3/h5,9-10,12H,1,6-8H2,2-4H3. The molecule has 2 heteroatoms. The van der Waals surface area contributed by atoms with Crippen LogP contribution >= 0.6 is 11.6 Å². The smallest absolute Gasteiger partial charge is 0.123 e. The molecular formula is C15H21ClO. The average Bonchev–Trinajstić information content (AvgIpc) is 2.31. The van der Waals surface area contributed by atoms with Crippen molar-refractivity contribution in [3.05, 3.63) is 40.9 Å². The van der Waals surface area contributed by atoms with Gasteiger partial charge in [0.05, 0.1) is 6.61 Å². The number of aryl methyl sites for hydroxylation is 1. The van der Waals surface area contributed by atoms with Gasteiger partial charge < -0.3 is 4.74 Å². The molecule has 0 aliphatic rings. The van der Waals surface area contributed by atoms with E-state index in [1.807, 2.05) is 32.1 Å². The van der Waals surface area contributed by atoms with Gasteiger partial charge in [-0.05, 0) is 55.9 Å². The van der Waals surface area contributed by atoms with E-state index in [9.17, 15) is 0 Å². The Morgan fingerprint density at radius 1 is 1.41 bits per heavy atom. The zero-order valence-corrected chi connectivity index (χ0v) is 11.7. The van der Waals surface area contributed by atoms with Crippen LogP contribution in [0.15, 0.2) is 24.8 Å². The Bertz CT molecular complexity index is 385. The first-order valence-corrected chi connectivity index (χ1v) is 6.55. The van der Waals surface area contributed by atoms with Crippen LogP contribution in [0.2, 0.25) is 5.02 Å². The summed E-state index contributed by atoms with van der Waals surface area (Å²) < 4.78 is 5.71. The maximum Gasteiger partial charge on any atom is 0.123 e. The van der Waals surface area contributed by atoms with E-state index in [-0.39, 0.29) is 0 Å². The molecule has 1 aromatic rings. The lowest BCUT2D eigenvalue weighted by molar-refractivity contribution is 0.333. The minimum atomic E-state index is 0.437. The first-order valence-electron chi connectivity index (χ1n) is 6.17. The Morgan fingerprint density at radius 3 is 2.65 bits per heavy atom. The van der Waals surface area contributed by atoms with Crippen LogP contribution in [0.1, 0.15) is 43.7 Å². The number of hydrogen-bond acceptors (Lipinski definition) is 1. The Kier molecular flexibility index (Phi) is 5.57. The van der Waals surface area contributed by atoms with Crippen LogP contribution in [0.25, 0.3) is 0 Å². The summed E-state index contributed by atoms with van der Waals surface area (Å²) in [5.74, 6) is 1.40. The molecule has 0 N–H and O–H groups in total. The van der Waals surface area contributed by atoms with Gasteiger partial charge in [0.1, 0.15) is 5.75 Å². The van der Waals surface area contributed by atoms with Crippen molar-refractivity contribution in [2.45, 2.75) is 39.5 Å². The van der Waals surface area contributed by atoms with E-state index >= 15 is 0 Å². The van der Waals surface area contributed by atoms with E-state index in [4.69, 9.17) is 16.3 Å². The second-order valence-electron chi connectivity index (χ2n) is 4.20. The number of hydrogen-bond donors (Lipinski definition) is 0. The molecule has 94 valence electrons. The van der Waals surface area contributed by atoms with Crippen molar-refractivity contribution in [3.8, 4) is 5.75 Å². The Hall–Kier alpha value is -0.950. The molecule has 1 aromatic carbocycles. The fraction of sp³-hybridized carbons (Fsp3) is 0.467. The van der Waals surface area contributed by atoms with Gasteiger partial charge in [-0.3, -0.25) is 0 Å². The normalized spacial score (nSPS) is 12.2. The van der Waals surface area contributed by atoms with E-state index < -0.39 is 0 Å². The molecule has 0 spiro atoms. The molecule has 0 aromatic heterocycles. The topological polar surface area (TPSA) is 9.23 Å². The summed E-state index contributed by atoms with van der Waals surface area (Å²) in [6, 6.07) is 4.08. The largest absolute Gasteiger partial charge is 0.494 e. The molecule has 0 saturated carbocycles. The van der Waals surface area contributed by atoms with E-state index in [0.29, 0.717) is 12.5 Å². The van der Waals surface area contributed by atoms with E-state index in [1.165, 1.54) is 5.56 Å². The van der Waals surface area contributed by atoms with Crippen molar-refractivity contribution in [2.24, 2.45) is 0 Å². The molecule has 17 heavy (non-hydrogen) atoms. The SMILES string of the molecule is C=CCC(CC)c1cc(Cl)c(C)cc1OCC. The fourth-order valence-electron chi connectivity index (χ4n) is 1.98. The minimum Gasteiger partial charge on any atom is -0.494 e. The van der Waals surface area contributed by atoms with Crippen LogP contribution in [0.3, 0.4) is 0 Å². The summed E-state index contributed by atoms with van der Waals surface area (Å²) in [5, 5.41) is 0.811. The lowest BCUT2D eigenvalue weighted by Crippen LogP contribution is -2.03. The summed E-state index contributed by atoms with van der Waals surface area (Å²) >= 11 is 6.21. The zero-order valence-electron chi connectivity index (χ0n) is 10.9. The maximum absolute atomic E-state index is 6.21. The lowest BCUT2D eigenvalue weighted by Gasteiger charge is -2.19. The molecule has 1 nitrogen and oxygen atoms in total. The molecule has 1 rings (SSSR count). The molecule has 0 bridgehead atoms. The van der Waals surface area contributed by atoms with Crippen LogP contribution in [0.4, 0.5) is 0 Å². The number of rotatable bonds is 6. The Labute approximate surface area is 109 Å². The van der Waals surface area contributed by atoms with Crippen LogP contribution in [0.5, 0.6) is 5.75 Å². The average molecular weight is 253 g/mol. The molecule has 0 radical (unpaired) electrons. The van der Waals surface area contributed by atoms with Crippen LogP contribution in [-0.2, 0) is 0 Å². The van der Waals surface area contributed by atoms with Gasteiger partial charge in [-0.15, -0.1) is 6.58 Å². The lowest BCUT2D eigenvalue weighted by atomic mass is 9.91. The molecule has 0 aliphatic heterocycles. The predicted octanol–water partition coefficient (Wildman–Crippen LogP) is 5.12. The van der Waals surface area contributed by atoms with Crippen molar-refractivity contribution in [1.82, 2.24) is 0 Å². The highest BCUT2D eigenvalue weighted by Gasteiger charge is 2.15. The summed E-state index contributed by atoms with van der Waals surface area (Å²) in [6.45, 7) is 10.7. The summed E-state index contributed by atoms with van der Waals surface area (Å²) in [6.07, 6.45) is 3.97.